The van der Waals surface area contributed by atoms with Crippen molar-refractivity contribution in [2.75, 3.05) is 12.8 Å². The first kappa shape index (κ1) is 7.76. The molecule has 0 fully saturated rings. The van der Waals surface area contributed by atoms with E-state index in [0.29, 0.717) is 12.8 Å². The molecule has 0 saturated heterocycles. The fourth-order valence-electron chi connectivity index (χ4n) is 0.148. The van der Waals surface area contributed by atoms with Gasteiger partial charge in [-0.1, -0.05) is 0 Å². The standard InChI is InChI=1S/C3H5Cl2OSi/c4-3(5)1-6-2-7/h3H,1-2H2. The van der Waals surface area contributed by atoms with E-state index in [1.54, 1.807) is 0 Å². The predicted octanol–water partition coefficient (Wildman–Crippen LogP) is 0.933. The summed E-state index contributed by atoms with van der Waals surface area (Å²) in [4.78, 5) is -0.406. The molecule has 0 aliphatic heterocycles. The largest absolute Gasteiger partial charge is 0.383 e. The van der Waals surface area contributed by atoms with Gasteiger partial charge in [-0.15, -0.1) is 23.2 Å². The van der Waals surface area contributed by atoms with Crippen molar-refractivity contribution in [3.05, 3.63) is 0 Å². The van der Waals surface area contributed by atoms with Gasteiger partial charge in [0.2, 0.25) is 0 Å². The van der Waals surface area contributed by atoms with Crippen molar-refractivity contribution in [2.45, 2.75) is 4.84 Å². The summed E-state index contributed by atoms with van der Waals surface area (Å²) in [5.74, 6) is 0. The number of halogens is 2. The second-order valence-electron chi connectivity index (χ2n) is 0.906. The molecule has 0 aromatic heterocycles. The van der Waals surface area contributed by atoms with Crippen LogP contribution < -0.4 is 0 Å². The summed E-state index contributed by atoms with van der Waals surface area (Å²) in [6.45, 7) is 0.382. The Morgan fingerprint density at radius 2 is 2.14 bits per heavy atom. The van der Waals surface area contributed by atoms with E-state index in [4.69, 9.17) is 27.9 Å². The van der Waals surface area contributed by atoms with Gasteiger partial charge in [0, 0.05) is 6.23 Å². The number of hydrogen-bond donors (Lipinski definition) is 0. The quantitative estimate of drug-likeness (QED) is 0.436. The van der Waals surface area contributed by atoms with Crippen LogP contribution in [0.1, 0.15) is 0 Å². The molecule has 3 radical (unpaired) electrons. The van der Waals surface area contributed by atoms with E-state index in [0.717, 1.165) is 0 Å². The van der Waals surface area contributed by atoms with Crippen LogP contribution >= 0.6 is 23.2 Å². The highest BCUT2D eigenvalue weighted by atomic mass is 35.5. The summed E-state index contributed by atoms with van der Waals surface area (Å²) < 4.78 is 4.74. The van der Waals surface area contributed by atoms with E-state index in [1.165, 1.54) is 0 Å². The third kappa shape index (κ3) is 6.76. The highest BCUT2D eigenvalue weighted by molar-refractivity contribution is 6.44. The Morgan fingerprint density at radius 3 is 2.29 bits per heavy atom. The fourth-order valence-corrected chi connectivity index (χ4v) is 0.444. The van der Waals surface area contributed by atoms with E-state index in [2.05, 4.69) is 10.2 Å². The Labute approximate surface area is 56.4 Å². The van der Waals surface area contributed by atoms with Gasteiger partial charge in [-0.2, -0.15) is 0 Å². The number of rotatable bonds is 3. The highest BCUT2D eigenvalue weighted by Gasteiger charge is 1.93. The maximum atomic E-state index is 5.28. The summed E-state index contributed by atoms with van der Waals surface area (Å²) in [7, 11) is 3.08. The number of alkyl halides is 2. The molecule has 0 rings (SSSR count). The molecule has 0 amide bonds. The van der Waals surface area contributed by atoms with Gasteiger partial charge in [-0.25, -0.2) is 0 Å². The lowest BCUT2D eigenvalue weighted by molar-refractivity contribution is 0.191. The first-order valence-electron chi connectivity index (χ1n) is 1.78. The molecule has 0 bridgehead atoms. The van der Waals surface area contributed by atoms with Crippen molar-refractivity contribution < 1.29 is 4.74 Å². The molecule has 0 heterocycles. The first-order valence-corrected chi connectivity index (χ1v) is 3.36. The van der Waals surface area contributed by atoms with Crippen molar-refractivity contribution in [3.63, 3.8) is 0 Å². The summed E-state index contributed by atoms with van der Waals surface area (Å²) in [6, 6.07) is 0. The Balaban J connectivity index is 2.68. The van der Waals surface area contributed by atoms with Crippen LogP contribution in [0.2, 0.25) is 0 Å². The van der Waals surface area contributed by atoms with Crippen LogP contribution in [0, 0.1) is 0 Å². The molecule has 4 heteroatoms. The minimum absolute atomic E-state index is 0.382. The maximum absolute atomic E-state index is 5.28. The van der Waals surface area contributed by atoms with Gasteiger partial charge in [0.25, 0.3) is 0 Å². The van der Waals surface area contributed by atoms with Gasteiger partial charge < -0.3 is 4.74 Å². The van der Waals surface area contributed by atoms with Gasteiger partial charge in [-0.3, -0.25) is 0 Å². The Bertz CT molecular complexity index is 41.9. The van der Waals surface area contributed by atoms with E-state index < -0.39 is 4.84 Å². The molecule has 41 valence electrons. The summed E-state index contributed by atoms with van der Waals surface area (Å²) >= 11 is 10.6. The average molecular weight is 156 g/mol. The minimum Gasteiger partial charge on any atom is -0.383 e. The van der Waals surface area contributed by atoms with Crippen molar-refractivity contribution in [3.8, 4) is 0 Å². The van der Waals surface area contributed by atoms with Crippen LogP contribution in [0.15, 0.2) is 0 Å². The first-order chi connectivity index (χ1) is 3.27. The number of ether oxygens (including phenoxy) is 1. The maximum Gasteiger partial charge on any atom is 0.131 e. The summed E-state index contributed by atoms with van der Waals surface area (Å²) in [5.41, 5.74) is 0. The summed E-state index contributed by atoms with van der Waals surface area (Å²) in [5, 5.41) is 0. The van der Waals surface area contributed by atoms with Crippen LogP contribution in [-0.2, 0) is 4.74 Å². The normalized spacial score (nSPS) is 10.3. The molecule has 0 spiro atoms. The monoisotopic (exact) mass is 155 g/mol. The zero-order chi connectivity index (χ0) is 5.70. The van der Waals surface area contributed by atoms with Crippen molar-refractivity contribution >= 4 is 33.4 Å². The van der Waals surface area contributed by atoms with Crippen LogP contribution in [0.4, 0.5) is 0 Å². The van der Waals surface area contributed by atoms with Gasteiger partial charge in [-0.05, 0) is 0 Å². The van der Waals surface area contributed by atoms with Crippen molar-refractivity contribution in [2.24, 2.45) is 0 Å². The predicted molar refractivity (Wildman–Crippen MR) is 32.1 cm³/mol. The van der Waals surface area contributed by atoms with Gasteiger partial charge in [0.1, 0.15) is 4.84 Å². The van der Waals surface area contributed by atoms with Crippen molar-refractivity contribution in [1.82, 2.24) is 0 Å². The van der Waals surface area contributed by atoms with Crippen LogP contribution in [-0.4, -0.2) is 27.9 Å². The van der Waals surface area contributed by atoms with E-state index in [9.17, 15) is 0 Å². The molecule has 1 nitrogen and oxygen atoms in total. The van der Waals surface area contributed by atoms with Gasteiger partial charge in [0.05, 0.1) is 16.8 Å². The smallest absolute Gasteiger partial charge is 0.131 e. The topological polar surface area (TPSA) is 9.23 Å². The molecule has 0 aromatic carbocycles. The molecular weight excluding hydrogens is 151 g/mol. The molecule has 0 aromatic rings. The fraction of sp³-hybridized carbons (Fsp3) is 1.00. The zero-order valence-corrected chi connectivity index (χ0v) is 6.17. The van der Waals surface area contributed by atoms with Crippen LogP contribution in [0.25, 0.3) is 0 Å². The lowest BCUT2D eigenvalue weighted by Gasteiger charge is -1.97. The molecule has 0 saturated carbocycles. The second kappa shape index (κ2) is 4.90. The summed E-state index contributed by atoms with van der Waals surface area (Å²) in [6.07, 6.45) is 0.482. The van der Waals surface area contributed by atoms with Crippen molar-refractivity contribution in [1.29, 1.82) is 0 Å². The second-order valence-corrected chi connectivity index (χ2v) is 2.47. The Morgan fingerprint density at radius 1 is 1.57 bits per heavy atom. The third-order valence-corrected chi connectivity index (χ3v) is 0.802. The molecule has 0 unspecified atom stereocenters. The van der Waals surface area contributed by atoms with Gasteiger partial charge >= 0.3 is 0 Å². The van der Waals surface area contributed by atoms with Gasteiger partial charge in [0.15, 0.2) is 0 Å². The number of hydrogen-bond acceptors (Lipinski definition) is 1. The van der Waals surface area contributed by atoms with Crippen LogP contribution in [0.3, 0.4) is 0 Å². The lowest BCUT2D eigenvalue weighted by atomic mass is 10.8. The third-order valence-electron chi connectivity index (χ3n) is 0.346. The SMILES string of the molecule is [Si]COCC(Cl)Cl. The molecule has 0 atom stereocenters. The van der Waals surface area contributed by atoms with Crippen LogP contribution in [0.5, 0.6) is 0 Å². The lowest BCUT2D eigenvalue weighted by Crippen LogP contribution is -2.02. The van der Waals surface area contributed by atoms with E-state index >= 15 is 0 Å². The molecule has 0 aliphatic carbocycles. The zero-order valence-electron chi connectivity index (χ0n) is 3.66. The molecular formula is C3H5Cl2OSi. The van der Waals surface area contributed by atoms with E-state index in [1.807, 2.05) is 0 Å². The highest BCUT2D eigenvalue weighted by Crippen LogP contribution is 1.99. The molecule has 0 aliphatic rings. The molecule has 7 heavy (non-hydrogen) atoms. The average Bonchev–Trinajstić information content (AvgIpc) is 1.61. The minimum atomic E-state index is -0.406. The Hall–Kier alpha value is 0.757. The molecule has 0 N–H and O–H groups in total. The van der Waals surface area contributed by atoms with E-state index in [-0.39, 0.29) is 0 Å². The Kier molecular flexibility index (Phi) is 5.44.